The second kappa shape index (κ2) is 41.7. The first kappa shape index (κ1) is 48.3. The number of hydrogen-bond acceptors (Lipinski definition) is 6. The van der Waals surface area contributed by atoms with Crippen LogP contribution < -0.4 is 0 Å². The molecular weight excluding hydrogens is 610 g/mol. The Morgan fingerprint density at radius 2 is 0.857 bits per heavy atom. The summed E-state index contributed by atoms with van der Waals surface area (Å²) >= 11 is 0. The lowest BCUT2D eigenvalue weighted by atomic mass is 10.1. The maximum absolute atomic E-state index is 11.9. The third-order valence-corrected chi connectivity index (χ3v) is 9.80. The van der Waals surface area contributed by atoms with Crippen molar-refractivity contribution < 1.29 is 24.1 Å². The summed E-state index contributed by atoms with van der Waals surface area (Å²) in [5.41, 5.74) is 0. The zero-order chi connectivity index (χ0) is 35.7. The van der Waals surface area contributed by atoms with E-state index in [1.807, 2.05) is 0 Å². The smallest absolute Gasteiger partial charge is 0.305 e. The van der Waals surface area contributed by atoms with Crippen molar-refractivity contribution in [2.75, 3.05) is 46.1 Å². The van der Waals surface area contributed by atoms with E-state index in [9.17, 15) is 9.90 Å². The van der Waals surface area contributed by atoms with Gasteiger partial charge in [-0.1, -0.05) is 162 Å². The fourth-order valence-electron chi connectivity index (χ4n) is 6.52. The molecule has 0 aliphatic carbocycles. The molecule has 0 saturated carbocycles. The van der Waals surface area contributed by atoms with Gasteiger partial charge in [0.15, 0.2) is 6.29 Å². The van der Waals surface area contributed by atoms with Gasteiger partial charge in [0.25, 0.3) is 0 Å². The van der Waals surface area contributed by atoms with Crippen molar-refractivity contribution in [3.63, 3.8) is 0 Å². The molecule has 1 N–H and O–H groups in total. The molecule has 0 heterocycles. The highest BCUT2D eigenvalue weighted by atomic mass is 16.7. The lowest BCUT2D eigenvalue weighted by Gasteiger charge is -2.21. The third-order valence-electron chi connectivity index (χ3n) is 9.80. The highest BCUT2D eigenvalue weighted by molar-refractivity contribution is 5.69. The van der Waals surface area contributed by atoms with Crippen LogP contribution in [0.3, 0.4) is 0 Å². The summed E-state index contributed by atoms with van der Waals surface area (Å²) in [6.45, 7) is 12.2. The number of carbonyl (C=O) groups is 1. The molecule has 0 saturated heterocycles. The molecule has 0 spiro atoms. The number of aliphatic hydroxyl groups is 1. The monoisotopic (exact) mass is 698 g/mol. The maximum Gasteiger partial charge on any atom is 0.305 e. The van der Waals surface area contributed by atoms with Crippen molar-refractivity contribution in [2.45, 2.75) is 226 Å². The van der Waals surface area contributed by atoms with Crippen LogP contribution in [0.25, 0.3) is 0 Å². The fraction of sp³-hybridized carbons (Fsp3) is 0.977. The van der Waals surface area contributed by atoms with Crippen molar-refractivity contribution in [2.24, 2.45) is 0 Å². The van der Waals surface area contributed by atoms with Crippen LogP contribution in [0.2, 0.25) is 0 Å². The zero-order valence-electron chi connectivity index (χ0n) is 33.5. The first-order chi connectivity index (χ1) is 24.2. The van der Waals surface area contributed by atoms with E-state index in [1.54, 1.807) is 0 Å². The van der Waals surface area contributed by atoms with Gasteiger partial charge >= 0.3 is 5.97 Å². The Balaban J connectivity index is 3.92. The molecule has 0 radical (unpaired) electrons. The normalized spacial score (nSPS) is 11.7. The van der Waals surface area contributed by atoms with E-state index in [-0.39, 0.29) is 18.9 Å². The van der Waals surface area contributed by atoms with Crippen molar-refractivity contribution in [3.8, 4) is 0 Å². The van der Waals surface area contributed by atoms with E-state index in [4.69, 9.17) is 14.2 Å². The van der Waals surface area contributed by atoms with Crippen molar-refractivity contribution in [1.82, 2.24) is 4.90 Å². The fourth-order valence-corrected chi connectivity index (χ4v) is 6.52. The van der Waals surface area contributed by atoms with E-state index in [1.165, 1.54) is 148 Å². The SMILES string of the molecule is CCCCCCCCOC(CCCCCCCN(CCO)CCCCCCCCOC(=O)CCCCCCCC)OCCCCCCCC. The second-order valence-corrected chi connectivity index (χ2v) is 14.7. The highest BCUT2D eigenvalue weighted by Gasteiger charge is 2.10. The molecule has 0 atom stereocenters. The van der Waals surface area contributed by atoms with Gasteiger partial charge < -0.3 is 24.2 Å². The number of esters is 1. The summed E-state index contributed by atoms with van der Waals surface area (Å²) < 4.78 is 17.9. The predicted molar refractivity (Wildman–Crippen MR) is 210 cm³/mol. The molecule has 0 aliphatic heterocycles. The average molecular weight is 698 g/mol. The van der Waals surface area contributed by atoms with Crippen LogP contribution in [0, 0.1) is 0 Å². The predicted octanol–water partition coefficient (Wildman–Crippen LogP) is 12.3. The van der Waals surface area contributed by atoms with Gasteiger partial charge in [-0.25, -0.2) is 0 Å². The van der Waals surface area contributed by atoms with Gasteiger partial charge in [0.1, 0.15) is 0 Å². The van der Waals surface area contributed by atoms with Crippen LogP contribution >= 0.6 is 0 Å². The Kier molecular flexibility index (Phi) is 41.1. The van der Waals surface area contributed by atoms with Gasteiger partial charge in [0, 0.05) is 26.2 Å². The van der Waals surface area contributed by atoms with E-state index in [0.29, 0.717) is 13.0 Å². The minimum atomic E-state index is -0.0245. The minimum Gasteiger partial charge on any atom is -0.466 e. The minimum absolute atomic E-state index is 0.0135. The van der Waals surface area contributed by atoms with E-state index in [2.05, 4.69) is 25.7 Å². The lowest BCUT2D eigenvalue weighted by molar-refractivity contribution is -0.148. The topological polar surface area (TPSA) is 68.2 Å². The van der Waals surface area contributed by atoms with Crippen LogP contribution in [0.15, 0.2) is 0 Å². The standard InChI is InChI=1S/C43H87NO5/c1-4-7-10-13-19-26-33-42(46)47-39-30-25-17-16-21-28-35-44(37-38-45)36-29-22-18-20-27-34-43(48-40-31-23-14-11-8-5-2)49-41-32-24-15-12-9-6-3/h43,45H,4-41H2,1-3H3. The van der Waals surface area contributed by atoms with E-state index < -0.39 is 0 Å². The quantitative estimate of drug-likeness (QED) is 0.0389. The molecule has 0 aliphatic rings. The van der Waals surface area contributed by atoms with Gasteiger partial charge in [-0.3, -0.25) is 4.79 Å². The summed E-state index contributed by atoms with van der Waals surface area (Å²) in [5, 5.41) is 9.57. The molecule has 6 heteroatoms. The van der Waals surface area contributed by atoms with Crippen molar-refractivity contribution in [1.29, 1.82) is 0 Å². The van der Waals surface area contributed by atoms with E-state index >= 15 is 0 Å². The maximum atomic E-state index is 11.9. The second-order valence-electron chi connectivity index (χ2n) is 14.7. The third kappa shape index (κ3) is 38.4. The van der Waals surface area contributed by atoms with Gasteiger partial charge in [0.05, 0.1) is 13.2 Å². The number of hydrogen-bond donors (Lipinski definition) is 1. The van der Waals surface area contributed by atoms with Crippen LogP contribution in [0.1, 0.15) is 220 Å². The molecule has 0 aromatic rings. The Bertz CT molecular complexity index is 615. The van der Waals surface area contributed by atoms with Crippen LogP contribution in [-0.4, -0.2) is 68.3 Å². The number of carbonyl (C=O) groups excluding carboxylic acids is 1. The van der Waals surface area contributed by atoms with Gasteiger partial charge in [0.2, 0.25) is 0 Å². The van der Waals surface area contributed by atoms with Crippen molar-refractivity contribution in [3.05, 3.63) is 0 Å². The number of ether oxygens (including phenoxy) is 3. The Morgan fingerprint density at radius 1 is 0.469 bits per heavy atom. The van der Waals surface area contributed by atoms with Crippen molar-refractivity contribution >= 4 is 5.97 Å². The first-order valence-corrected chi connectivity index (χ1v) is 21.9. The molecule has 0 rings (SSSR count). The lowest BCUT2D eigenvalue weighted by Crippen LogP contribution is -2.29. The summed E-state index contributed by atoms with van der Waals surface area (Å²) in [6.07, 6.45) is 37.5. The Hall–Kier alpha value is -0.690. The Labute approximate surface area is 306 Å². The van der Waals surface area contributed by atoms with Crippen LogP contribution in [0.5, 0.6) is 0 Å². The largest absolute Gasteiger partial charge is 0.466 e. The summed E-state index contributed by atoms with van der Waals surface area (Å²) in [4.78, 5) is 14.3. The summed E-state index contributed by atoms with van der Waals surface area (Å²) in [6, 6.07) is 0. The molecule has 0 bridgehead atoms. The molecule has 49 heavy (non-hydrogen) atoms. The molecule has 0 unspecified atom stereocenters. The zero-order valence-corrected chi connectivity index (χ0v) is 33.5. The number of rotatable bonds is 42. The summed E-state index contributed by atoms with van der Waals surface area (Å²) in [5.74, 6) is -0.0135. The molecular formula is C43H87NO5. The molecule has 0 amide bonds. The number of unbranched alkanes of at least 4 members (excludes halogenated alkanes) is 24. The van der Waals surface area contributed by atoms with Gasteiger partial charge in [-0.15, -0.1) is 0 Å². The molecule has 0 aromatic heterocycles. The number of nitrogens with zero attached hydrogens (tertiary/aromatic N) is 1. The molecule has 0 fully saturated rings. The van der Waals surface area contributed by atoms with Crippen LogP contribution in [-0.2, 0) is 19.0 Å². The van der Waals surface area contributed by atoms with Gasteiger partial charge in [-0.05, 0) is 64.5 Å². The highest BCUT2D eigenvalue weighted by Crippen LogP contribution is 2.15. The molecule has 294 valence electrons. The van der Waals surface area contributed by atoms with Crippen LogP contribution in [0.4, 0.5) is 0 Å². The average Bonchev–Trinajstić information content (AvgIpc) is 3.10. The molecule has 0 aromatic carbocycles. The first-order valence-electron chi connectivity index (χ1n) is 21.9. The summed E-state index contributed by atoms with van der Waals surface area (Å²) in [7, 11) is 0. The number of aliphatic hydroxyl groups excluding tert-OH is 1. The molecule has 6 nitrogen and oxygen atoms in total. The Morgan fingerprint density at radius 3 is 1.33 bits per heavy atom. The van der Waals surface area contributed by atoms with Gasteiger partial charge in [-0.2, -0.15) is 0 Å². The van der Waals surface area contributed by atoms with E-state index in [0.717, 1.165) is 77.8 Å².